The molecule has 1 atom stereocenters. The van der Waals surface area contributed by atoms with Gasteiger partial charge in [-0.2, -0.15) is 0 Å². The van der Waals surface area contributed by atoms with Gasteiger partial charge in [-0.05, 0) is 0 Å². The number of hydrogen-bond acceptors (Lipinski definition) is 3. The van der Waals surface area contributed by atoms with Crippen molar-refractivity contribution in [2.75, 3.05) is 26.5 Å². The first-order chi connectivity index (χ1) is 4.93. The van der Waals surface area contributed by atoms with Gasteiger partial charge in [-0.3, -0.25) is 5.32 Å². The predicted molar refractivity (Wildman–Crippen MR) is 37.4 cm³/mol. The van der Waals surface area contributed by atoms with E-state index in [-0.39, 0.29) is 6.10 Å². The minimum absolute atomic E-state index is 0.188. The van der Waals surface area contributed by atoms with E-state index in [1.807, 2.05) is 0 Å². The van der Waals surface area contributed by atoms with Crippen LogP contribution in [0.15, 0.2) is 0 Å². The Hall–Kier alpha value is -0.560. The highest BCUT2D eigenvalue weighted by Crippen LogP contribution is 1.96. The molecule has 0 bridgehead atoms. The largest absolute Gasteiger partial charge is 0.366 e. The summed E-state index contributed by atoms with van der Waals surface area (Å²) in [5, 5.41) is 3.05. The fraction of sp³-hybridized carbons (Fsp3) is 0.714. The Morgan fingerprint density at radius 2 is 2.70 bits per heavy atom. The number of nitrogens with one attached hydrogen (secondary N) is 1. The zero-order chi connectivity index (χ0) is 7.23. The first-order valence-electron chi connectivity index (χ1n) is 3.27. The maximum atomic E-state index is 5.19. The van der Waals surface area contributed by atoms with Crippen LogP contribution in [0.2, 0.25) is 0 Å². The lowest BCUT2D eigenvalue weighted by Gasteiger charge is -2.05. The second-order valence-electron chi connectivity index (χ2n) is 2.11. The number of terminal acetylenes is 1. The SMILES string of the molecule is C#CCOCC1CNCO1. The van der Waals surface area contributed by atoms with Crippen molar-refractivity contribution in [1.82, 2.24) is 5.32 Å². The molecule has 0 spiro atoms. The summed E-state index contributed by atoms with van der Waals surface area (Å²) in [5.74, 6) is 2.39. The molecule has 0 amide bonds. The number of hydrogen-bond donors (Lipinski definition) is 1. The van der Waals surface area contributed by atoms with Crippen LogP contribution in [0.25, 0.3) is 0 Å². The molecule has 3 heteroatoms. The third kappa shape index (κ3) is 2.36. The summed E-state index contributed by atoms with van der Waals surface area (Å²) < 4.78 is 10.3. The molecule has 0 aromatic carbocycles. The summed E-state index contributed by atoms with van der Waals surface area (Å²) in [6.07, 6.45) is 5.17. The molecule has 3 nitrogen and oxygen atoms in total. The fourth-order valence-electron chi connectivity index (χ4n) is 0.812. The van der Waals surface area contributed by atoms with Gasteiger partial charge in [-0.15, -0.1) is 6.42 Å². The van der Waals surface area contributed by atoms with Crippen molar-refractivity contribution in [2.45, 2.75) is 6.10 Å². The minimum Gasteiger partial charge on any atom is -0.366 e. The summed E-state index contributed by atoms with van der Waals surface area (Å²) >= 11 is 0. The molecule has 56 valence electrons. The standard InChI is InChI=1S/C7H11NO2/c1-2-3-9-5-7-4-8-6-10-7/h1,7-8H,3-6H2. The molecule has 10 heavy (non-hydrogen) atoms. The molecule has 1 saturated heterocycles. The maximum absolute atomic E-state index is 5.19. The van der Waals surface area contributed by atoms with E-state index in [1.54, 1.807) is 0 Å². The smallest absolute Gasteiger partial charge is 0.107 e. The molecule has 0 radical (unpaired) electrons. The van der Waals surface area contributed by atoms with Gasteiger partial charge in [0.15, 0.2) is 0 Å². The van der Waals surface area contributed by atoms with Crippen molar-refractivity contribution in [2.24, 2.45) is 0 Å². The Morgan fingerprint density at radius 3 is 3.30 bits per heavy atom. The third-order valence-corrected chi connectivity index (χ3v) is 1.28. The van der Waals surface area contributed by atoms with E-state index >= 15 is 0 Å². The van der Waals surface area contributed by atoms with Gasteiger partial charge >= 0.3 is 0 Å². The Kier molecular flexibility index (Phi) is 3.23. The number of ether oxygens (including phenoxy) is 2. The third-order valence-electron chi connectivity index (χ3n) is 1.28. The topological polar surface area (TPSA) is 30.5 Å². The highest BCUT2D eigenvalue weighted by atomic mass is 16.5. The second-order valence-corrected chi connectivity index (χ2v) is 2.11. The van der Waals surface area contributed by atoms with E-state index in [0.717, 1.165) is 6.54 Å². The summed E-state index contributed by atoms with van der Waals surface area (Å²) in [6.45, 7) is 2.46. The van der Waals surface area contributed by atoms with Crippen LogP contribution >= 0.6 is 0 Å². The molecule has 0 aliphatic carbocycles. The minimum atomic E-state index is 0.188. The van der Waals surface area contributed by atoms with Gasteiger partial charge in [0.2, 0.25) is 0 Å². The second kappa shape index (κ2) is 4.29. The van der Waals surface area contributed by atoms with Crippen molar-refractivity contribution < 1.29 is 9.47 Å². The van der Waals surface area contributed by atoms with Gasteiger partial charge in [0, 0.05) is 6.54 Å². The average Bonchev–Trinajstić information content (AvgIpc) is 2.41. The highest BCUT2D eigenvalue weighted by molar-refractivity contribution is 4.83. The molecule has 1 heterocycles. The molecule has 0 aromatic rings. The van der Waals surface area contributed by atoms with Gasteiger partial charge < -0.3 is 9.47 Å². The van der Waals surface area contributed by atoms with Crippen molar-refractivity contribution in [3.63, 3.8) is 0 Å². The van der Waals surface area contributed by atoms with Crippen molar-refractivity contribution >= 4 is 0 Å². The van der Waals surface area contributed by atoms with Crippen LogP contribution in [-0.4, -0.2) is 32.6 Å². The van der Waals surface area contributed by atoms with Crippen molar-refractivity contribution in [3.8, 4) is 12.3 Å². The molecule has 1 N–H and O–H groups in total. The van der Waals surface area contributed by atoms with Gasteiger partial charge in [-0.1, -0.05) is 5.92 Å². The van der Waals surface area contributed by atoms with Crippen molar-refractivity contribution in [3.05, 3.63) is 0 Å². The quantitative estimate of drug-likeness (QED) is 0.428. The van der Waals surface area contributed by atoms with E-state index in [2.05, 4.69) is 11.2 Å². The zero-order valence-electron chi connectivity index (χ0n) is 5.80. The molecule has 1 aliphatic rings. The van der Waals surface area contributed by atoms with Crippen molar-refractivity contribution in [1.29, 1.82) is 0 Å². The number of rotatable bonds is 3. The monoisotopic (exact) mass is 141 g/mol. The fourth-order valence-corrected chi connectivity index (χ4v) is 0.812. The summed E-state index contributed by atoms with van der Waals surface area (Å²) in [4.78, 5) is 0. The zero-order valence-corrected chi connectivity index (χ0v) is 5.80. The van der Waals surface area contributed by atoms with Crippen LogP contribution in [-0.2, 0) is 9.47 Å². The van der Waals surface area contributed by atoms with Crippen LogP contribution in [0.1, 0.15) is 0 Å². The summed E-state index contributed by atoms with van der Waals surface area (Å²) in [6, 6.07) is 0. The van der Waals surface area contributed by atoms with Crippen LogP contribution < -0.4 is 5.32 Å². The van der Waals surface area contributed by atoms with Crippen LogP contribution in [0, 0.1) is 12.3 Å². The van der Waals surface area contributed by atoms with E-state index in [9.17, 15) is 0 Å². The first kappa shape index (κ1) is 7.55. The molecule has 1 rings (SSSR count). The van der Waals surface area contributed by atoms with Gasteiger partial charge in [0.05, 0.1) is 19.4 Å². The summed E-state index contributed by atoms with van der Waals surface area (Å²) in [5.41, 5.74) is 0. The van der Waals surface area contributed by atoms with E-state index < -0.39 is 0 Å². The Balaban J connectivity index is 1.97. The molecule has 1 fully saturated rings. The van der Waals surface area contributed by atoms with Crippen LogP contribution in [0.4, 0.5) is 0 Å². The summed E-state index contributed by atoms with van der Waals surface area (Å²) in [7, 11) is 0. The van der Waals surface area contributed by atoms with Gasteiger partial charge in [-0.25, -0.2) is 0 Å². The molecular weight excluding hydrogens is 130 g/mol. The lowest BCUT2D eigenvalue weighted by molar-refractivity contribution is 0.0321. The lowest BCUT2D eigenvalue weighted by Crippen LogP contribution is -2.20. The van der Waals surface area contributed by atoms with Gasteiger partial charge in [0.1, 0.15) is 6.61 Å². The maximum Gasteiger partial charge on any atom is 0.107 e. The molecular formula is C7H11NO2. The molecule has 0 aromatic heterocycles. The molecule has 1 unspecified atom stereocenters. The lowest BCUT2D eigenvalue weighted by atomic mass is 10.4. The normalized spacial score (nSPS) is 24.5. The average molecular weight is 141 g/mol. The van der Waals surface area contributed by atoms with E-state index in [1.165, 1.54) is 0 Å². The first-order valence-corrected chi connectivity index (χ1v) is 3.27. The molecule has 0 saturated carbocycles. The van der Waals surface area contributed by atoms with E-state index in [4.69, 9.17) is 15.9 Å². The Morgan fingerprint density at radius 1 is 1.80 bits per heavy atom. The highest BCUT2D eigenvalue weighted by Gasteiger charge is 2.13. The van der Waals surface area contributed by atoms with Gasteiger partial charge in [0.25, 0.3) is 0 Å². The Labute approximate surface area is 60.7 Å². The van der Waals surface area contributed by atoms with E-state index in [0.29, 0.717) is 19.9 Å². The molecule has 1 aliphatic heterocycles. The van der Waals surface area contributed by atoms with Crippen LogP contribution in [0.5, 0.6) is 0 Å². The van der Waals surface area contributed by atoms with Crippen LogP contribution in [0.3, 0.4) is 0 Å². The Bertz CT molecular complexity index is 124. The predicted octanol–water partition coefficient (Wildman–Crippen LogP) is -0.418.